The molecular formula is C14H16F3NO3. The van der Waals surface area contributed by atoms with Crippen molar-refractivity contribution in [3.63, 3.8) is 0 Å². The summed E-state index contributed by atoms with van der Waals surface area (Å²) in [5.41, 5.74) is 0.404. The topological polar surface area (TPSA) is 49.8 Å². The van der Waals surface area contributed by atoms with Crippen LogP contribution in [0.4, 0.5) is 13.2 Å². The Morgan fingerprint density at radius 2 is 2.10 bits per heavy atom. The Balaban J connectivity index is 2.07. The highest BCUT2D eigenvalue weighted by atomic mass is 19.4. The van der Waals surface area contributed by atoms with Gasteiger partial charge < -0.3 is 9.84 Å². The summed E-state index contributed by atoms with van der Waals surface area (Å²) in [6, 6.07) is 5.94. The molecule has 1 aromatic carbocycles. The number of nitrogens with zero attached hydrogens (tertiary/aromatic N) is 1. The van der Waals surface area contributed by atoms with Crippen LogP contribution in [0.2, 0.25) is 0 Å². The van der Waals surface area contributed by atoms with E-state index in [0.29, 0.717) is 25.1 Å². The van der Waals surface area contributed by atoms with Gasteiger partial charge in [0.25, 0.3) is 0 Å². The van der Waals surface area contributed by atoms with Crippen LogP contribution in [0.3, 0.4) is 0 Å². The number of carboxylic acid groups (broad SMARTS) is 1. The lowest BCUT2D eigenvalue weighted by atomic mass is 9.98. The SMILES string of the molecule is O=C(O)C1CCCN(Cc2ccccc2OC(F)(F)F)C1. The number of halogens is 3. The second-order valence-corrected chi connectivity index (χ2v) is 5.07. The van der Waals surface area contributed by atoms with Crippen LogP contribution >= 0.6 is 0 Å². The van der Waals surface area contributed by atoms with Crippen molar-refractivity contribution in [1.29, 1.82) is 0 Å². The van der Waals surface area contributed by atoms with Crippen molar-refractivity contribution < 1.29 is 27.8 Å². The van der Waals surface area contributed by atoms with Crippen molar-refractivity contribution in [2.75, 3.05) is 13.1 Å². The molecule has 1 heterocycles. The normalized spacial score (nSPS) is 20.2. The number of piperidine rings is 1. The van der Waals surface area contributed by atoms with Gasteiger partial charge in [0.2, 0.25) is 0 Å². The first-order valence-corrected chi connectivity index (χ1v) is 6.64. The molecule has 1 atom stereocenters. The largest absolute Gasteiger partial charge is 0.573 e. The highest BCUT2D eigenvalue weighted by molar-refractivity contribution is 5.70. The number of alkyl halides is 3. The fourth-order valence-corrected chi connectivity index (χ4v) is 2.50. The first-order chi connectivity index (χ1) is 9.85. The highest BCUT2D eigenvalue weighted by Gasteiger charge is 2.32. The molecule has 0 radical (unpaired) electrons. The summed E-state index contributed by atoms with van der Waals surface area (Å²) >= 11 is 0. The standard InChI is InChI=1S/C14H16F3NO3/c15-14(16,17)21-12-6-2-1-4-10(12)8-18-7-3-5-11(9-18)13(19)20/h1-2,4,6,11H,3,5,7-9H2,(H,19,20). The molecule has 116 valence electrons. The monoisotopic (exact) mass is 303 g/mol. The first kappa shape index (κ1) is 15.6. The van der Waals surface area contributed by atoms with E-state index in [4.69, 9.17) is 5.11 Å². The summed E-state index contributed by atoms with van der Waals surface area (Å²) in [5.74, 6) is -1.56. The highest BCUT2D eigenvalue weighted by Crippen LogP contribution is 2.28. The number of carboxylic acids is 1. The molecule has 0 aliphatic carbocycles. The van der Waals surface area contributed by atoms with E-state index in [1.54, 1.807) is 12.1 Å². The number of benzene rings is 1. The zero-order chi connectivity index (χ0) is 15.5. The Hall–Kier alpha value is -1.76. The van der Waals surface area contributed by atoms with Crippen molar-refractivity contribution in [3.05, 3.63) is 29.8 Å². The minimum absolute atomic E-state index is 0.234. The Bertz CT molecular complexity index is 504. The molecule has 1 aliphatic heterocycles. The third kappa shape index (κ3) is 4.63. The van der Waals surface area contributed by atoms with Gasteiger partial charge in [-0.25, -0.2) is 0 Å². The van der Waals surface area contributed by atoms with Crippen molar-refractivity contribution in [1.82, 2.24) is 4.90 Å². The van der Waals surface area contributed by atoms with E-state index in [1.807, 2.05) is 4.90 Å². The van der Waals surface area contributed by atoms with E-state index in [-0.39, 0.29) is 12.3 Å². The summed E-state index contributed by atoms with van der Waals surface area (Å²) in [6.45, 7) is 1.26. The molecule has 0 saturated carbocycles. The molecule has 21 heavy (non-hydrogen) atoms. The molecule has 0 aromatic heterocycles. The van der Waals surface area contributed by atoms with Crippen LogP contribution in [0.15, 0.2) is 24.3 Å². The van der Waals surface area contributed by atoms with E-state index in [9.17, 15) is 18.0 Å². The number of hydrogen-bond acceptors (Lipinski definition) is 3. The van der Waals surface area contributed by atoms with Crippen LogP contribution in [-0.4, -0.2) is 35.4 Å². The molecule has 0 amide bonds. The average Bonchev–Trinajstić information content (AvgIpc) is 2.40. The van der Waals surface area contributed by atoms with Crippen molar-refractivity contribution >= 4 is 5.97 Å². The number of para-hydroxylation sites is 1. The van der Waals surface area contributed by atoms with Gasteiger partial charge in [-0.3, -0.25) is 9.69 Å². The molecule has 0 bridgehead atoms. The van der Waals surface area contributed by atoms with Crippen molar-refractivity contribution in [3.8, 4) is 5.75 Å². The summed E-state index contributed by atoms with van der Waals surface area (Å²) in [4.78, 5) is 12.9. The molecule has 4 nitrogen and oxygen atoms in total. The average molecular weight is 303 g/mol. The summed E-state index contributed by atoms with van der Waals surface area (Å²) in [5, 5.41) is 9.03. The lowest BCUT2D eigenvalue weighted by molar-refractivity contribution is -0.275. The smallest absolute Gasteiger partial charge is 0.481 e. The second kappa shape index (κ2) is 6.34. The van der Waals surface area contributed by atoms with Crippen LogP contribution in [0.25, 0.3) is 0 Å². The maximum atomic E-state index is 12.4. The Morgan fingerprint density at radius 3 is 2.76 bits per heavy atom. The Kier molecular flexibility index (Phi) is 4.72. The molecule has 2 rings (SSSR count). The zero-order valence-corrected chi connectivity index (χ0v) is 11.3. The molecule has 7 heteroatoms. The maximum Gasteiger partial charge on any atom is 0.573 e. The lowest BCUT2D eigenvalue weighted by Crippen LogP contribution is -2.38. The predicted octanol–water partition coefficient (Wildman–Crippen LogP) is 2.88. The number of carbonyl (C=O) groups is 1. The van der Waals surface area contributed by atoms with E-state index >= 15 is 0 Å². The molecule has 1 aromatic rings. The molecule has 1 unspecified atom stereocenters. The predicted molar refractivity (Wildman–Crippen MR) is 68.8 cm³/mol. The van der Waals surface area contributed by atoms with Gasteiger partial charge in [-0.2, -0.15) is 0 Å². The van der Waals surface area contributed by atoms with Crippen LogP contribution < -0.4 is 4.74 Å². The summed E-state index contributed by atoms with van der Waals surface area (Å²) in [6.07, 6.45) is -3.41. The molecule has 1 aliphatic rings. The molecule has 1 N–H and O–H groups in total. The first-order valence-electron chi connectivity index (χ1n) is 6.64. The Morgan fingerprint density at radius 1 is 1.38 bits per heavy atom. The van der Waals surface area contributed by atoms with Crippen LogP contribution in [0, 0.1) is 5.92 Å². The lowest BCUT2D eigenvalue weighted by Gasteiger charge is -2.31. The van der Waals surface area contributed by atoms with E-state index in [0.717, 1.165) is 6.42 Å². The van der Waals surface area contributed by atoms with Crippen molar-refractivity contribution in [2.24, 2.45) is 5.92 Å². The van der Waals surface area contributed by atoms with Gasteiger partial charge in [0.1, 0.15) is 5.75 Å². The van der Waals surface area contributed by atoms with Gasteiger partial charge in [-0.05, 0) is 25.5 Å². The van der Waals surface area contributed by atoms with Gasteiger partial charge in [-0.15, -0.1) is 13.2 Å². The van der Waals surface area contributed by atoms with Crippen molar-refractivity contribution in [2.45, 2.75) is 25.7 Å². The van der Waals surface area contributed by atoms with Crippen LogP contribution in [-0.2, 0) is 11.3 Å². The minimum Gasteiger partial charge on any atom is -0.481 e. The van der Waals surface area contributed by atoms with Gasteiger partial charge in [0.05, 0.1) is 5.92 Å². The fraction of sp³-hybridized carbons (Fsp3) is 0.500. The number of hydrogen-bond donors (Lipinski definition) is 1. The molecular weight excluding hydrogens is 287 g/mol. The number of rotatable bonds is 4. The molecule has 1 fully saturated rings. The van der Waals surface area contributed by atoms with E-state index < -0.39 is 18.2 Å². The zero-order valence-electron chi connectivity index (χ0n) is 11.3. The quantitative estimate of drug-likeness (QED) is 0.929. The van der Waals surface area contributed by atoms with Crippen LogP contribution in [0.1, 0.15) is 18.4 Å². The van der Waals surface area contributed by atoms with E-state index in [1.165, 1.54) is 12.1 Å². The fourth-order valence-electron chi connectivity index (χ4n) is 2.50. The van der Waals surface area contributed by atoms with E-state index in [2.05, 4.69) is 4.74 Å². The summed E-state index contributed by atoms with van der Waals surface area (Å²) in [7, 11) is 0. The number of aliphatic carboxylic acids is 1. The van der Waals surface area contributed by atoms with Gasteiger partial charge in [0, 0.05) is 18.7 Å². The third-order valence-corrected chi connectivity index (χ3v) is 3.45. The Labute approximate surface area is 120 Å². The molecule has 1 saturated heterocycles. The third-order valence-electron chi connectivity index (χ3n) is 3.45. The van der Waals surface area contributed by atoms with Crippen LogP contribution in [0.5, 0.6) is 5.75 Å². The van der Waals surface area contributed by atoms with Gasteiger partial charge >= 0.3 is 12.3 Å². The number of likely N-dealkylation sites (tertiary alicyclic amines) is 1. The van der Waals surface area contributed by atoms with Gasteiger partial charge in [0.15, 0.2) is 0 Å². The minimum atomic E-state index is -4.73. The number of ether oxygens (including phenoxy) is 1. The van der Waals surface area contributed by atoms with Gasteiger partial charge in [-0.1, -0.05) is 18.2 Å². The maximum absolute atomic E-state index is 12.4. The summed E-state index contributed by atoms with van der Waals surface area (Å²) < 4.78 is 41.1. The molecule has 0 spiro atoms. The second-order valence-electron chi connectivity index (χ2n) is 5.07.